The van der Waals surface area contributed by atoms with Gasteiger partial charge < -0.3 is 4.74 Å². The molecule has 1 nitrogen and oxygen atoms in total. The second kappa shape index (κ2) is 6.39. The quantitative estimate of drug-likeness (QED) is 0.584. The lowest BCUT2D eigenvalue weighted by molar-refractivity contribution is 0.247. The smallest absolute Gasteiger partial charge is 0.119 e. The number of ether oxygens (including phenoxy) is 1. The second-order valence-corrected chi connectivity index (χ2v) is 8.05. The van der Waals surface area contributed by atoms with E-state index in [-0.39, 0.29) is 0 Å². The fourth-order valence-electron chi connectivity index (χ4n) is 2.36. The average Bonchev–Trinajstić information content (AvgIpc) is 2.44. The van der Waals surface area contributed by atoms with Crippen LogP contribution in [0.25, 0.3) is 10.8 Å². The molecule has 2 aromatic carbocycles. The Morgan fingerprint density at radius 2 is 1.67 bits per heavy atom. The van der Waals surface area contributed by atoms with Crippen molar-refractivity contribution in [1.82, 2.24) is 0 Å². The van der Waals surface area contributed by atoms with Crippen molar-refractivity contribution < 1.29 is 4.74 Å². The number of rotatable bonds is 4. The van der Waals surface area contributed by atoms with Crippen molar-refractivity contribution in [3.8, 4) is 5.75 Å². The Balaban J connectivity index is 2.22. The summed E-state index contributed by atoms with van der Waals surface area (Å²) < 4.78 is 5.28. The molecule has 0 amide bonds. The van der Waals surface area contributed by atoms with Gasteiger partial charge in [-0.15, -0.1) is 0 Å². The van der Waals surface area contributed by atoms with E-state index in [1.165, 1.54) is 16.3 Å². The van der Waals surface area contributed by atoms with Crippen LogP contribution in [0.1, 0.15) is 44.5 Å². The van der Waals surface area contributed by atoms with Crippen LogP contribution in [0, 0.1) is 11.3 Å². The highest BCUT2D eigenvalue weighted by atomic mass is 79.9. The van der Waals surface area contributed by atoms with Crippen molar-refractivity contribution in [2.24, 2.45) is 11.3 Å². The summed E-state index contributed by atoms with van der Waals surface area (Å²) in [6.07, 6.45) is 1.14. The van der Waals surface area contributed by atoms with E-state index in [2.05, 4.69) is 74.0 Å². The van der Waals surface area contributed by atoms with Crippen LogP contribution >= 0.6 is 15.9 Å². The first-order chi connectivity index (χ1) is 9.81. The van der Waals surface area contributed by atoms with Crippen molar-refractivity contribution in [2.45, 2.75) is 38.9 Å². The van der Waals surface area contributed by atoms with Gasteiger partial charge in [0, 0.05) is 4.83 Å². The topological polar surface area (TPSA) is 9.23 Å². The Morgan fingerprint density at radius 1 is 1.05 bits per heavy atom. The number of alkyl halides is 1. The summed E-state index contributed by atoms with van der Waals surface area (Å²) >= 11 is 3.87. The van der Waals surface area contributed by atoms with Gasteiger partial charge in [-0.2, -0.15) is 0 Å². The Bertz CT molecular complexity index is 612. The molecule has 0 fully saturated rings. The number of halogens is 1. The summed E-state index contributed by atoms with van der Waals surface area (Å²) in [6.45, 7) is 9.26. The van der Waals surface area contributed by atoms with Gasteiger partial charge in [-0.05, 0) is 46.2 Å². The zero-order valence-electron chi connectivity index (χ0n) is 13.6. The lowest BCUT2D eigenvalue weighted by atomic mass is 9.79. The number of benzene rings is 2. The van der Waals surface area contributed by atoms with Gasteiger partial charge in [0.2, 0.25) is 0 Å². The molecule has 0 aliphatic rings. The molecule has 0 heterocycles. The molecule has 2 aromatic rings. The fraction of sp³-hybridized carbons (Fsp3) is 0.474. The van der Waals surface area contributed by atoms with Gasteiger partial charge >= 0.3 is 0 Å². The van der Waals surface area contributed by atoms with Crippen LogP contribution in [0.3, 0.4) is 0 Å². The lowest BCUT2D eigenvalue weighted by Crippen LogP contribution is -2.18. The Hall–Kier alpha value is -1.02. The monoisotopic (exact) mass is 348 g/mol. The summed E-state index contributed by atoms with van der Waals surface area (Å²) in [5, 5.41) is 2.49. The molecule has 0 aromatic heterocycles. The molecule has 2 heteroatoms. The molecule has 0 saturated carbocycles. The van der Waals surface area contributed by atoms with Gasteiger partial charge in [0.1, 0.15) is 5.75 Å². The minimum atomic E-state index is 0.343. The standard InChI is InChI=1S/C19H25BrO/c1-13(19(2,3)4)10-18(20)16-7-6-15-12-17(21-5)9-8-14(15)11-16/h6-9,11-13,18H,10H2,1-5H3. The van der Waals surface area contributed by atoms with E-state index in [1.54, 1.807) is 7.11 Å². The van der Waals surface area contributed by atoms with Crippen molar-refractivity contribution in [3.05, 3.63) is 42.0 Å². The Labute approximate surface area is 136 Å². The fourth-order valence-corrected chi connectivity index (χ4v) is 3.21. The normalized spacial score (nSPS) is 15.0. The minimum Gasteiger partial charge on any atom is -0.497 e. The maximum atomic E-state index is 5.28. The molecule has 0 bridgehead atoms. The summed E-state index contributed by atoms with van der Waals surface area (Å²) in [7, 11) is 1.71. The number of fused-ring (bicyclic) bond motifs is 1. The van der Waals surface area contributed by atoms with E-state index >= 15 is 0 Å². The van der Waals surface area contributed by atoms with Crippen LogP contribution in [-0.4, -0.2) is 7.11 Å². The maximum absolute atomic E-state index is 5.28. The molecule has 0 saturated heterocycles. The van der Waals surface area contributed by atoms with Crippen LogP contribution < -0.4 is 4.74 Å². The van der Waals surface area contributed by atoms with Gasteiger partial charge in [-0.1, -0.05) is 67.9 Å². The highest BCUT2D eigenvalue weighted by molar-refractivity contribution is 9.09. The van der Waals surface area contributed by atoms with Crippen molar-refractivity contribution in [3.63, 3.8) is 0 Å². The van der Waals surface area contributed by atoms with Gasteiger partial charge in [0.05, 0.1) is 7.11 Å². The third kappa shape index (κ3) is 4.00. The van der Waals surface area contributed by atoms with E-state index in [0.717, 1.165) is 12.2 Å². The molecule has 0 N–H and O–H groups in total. The first kappa shape index (κ1) is 16.4. The molecule has 2 unspecified atom stereocenters. The summed E-state index contributed by atoms with van der Waals surface area (Å²) in [4.78, 5) is 0.401. The Kier molecular flexibility index (Phi) is 4.98. The Morgan fingerprint density at radius 3 is 2.29 bits per heavy atom. The summed E-state index contributed by atoms with van der Waals surface area (Å²) in [5.41, 5.74) is 1.69. The molecular formula is C19H25BrO. The first-order valence-electron chi connectivity index (χ1n) is 7.53. The van der Waals surface area contributed by atoms with Crippen LogP contribution in [0.2, 0.25) is 0 Å². The minimum absolute atomic E-state index is 0.343. The van der Waals surface area contributed by atoms with Gasteiger partial charge in [-0.25, -0.2) is 0 Å². The van der Waals surface area contributed by atoms with E-state index in [4.69, 9.17) is 4.74 Å². The molecule has 21 heavy (non-hydrogen) atoms. The maximum Gasteiger partial charge on any atom is 0.119 e. The molecule has 0 spiro atoms. The van der Waals surface area contributed by atoms with Crippen molar-refractivity contribution >= 4 is 26.7 Å². The lowest BCUT2D eigenvalue weighted by Gasteiger charge is -2.29. The molecule has 2 atom stereocenters. The van der Waals surface area contributed by atoms with Crippen LogP contribution in [0.5, 0.6) is 5.75 Å². The molecular weight excluding hydrogens is 324 g/mol. The van der Waals surface area contributed by atoms with E-state index in [0.29, 0.717) is 16.2 Å². The van der Waals surface area contributed by atoms with Crippen molar-refractivity contribution in [1.29, 1.82) is 0 Å². The second-order valence-electron chi connectivity index (χ2n) is 6.94. The molecule has 2 rings (SSSR count). The number of methoxy groups -OCH3 is 1. The van der Waals surface area contributed by atoms with E-state index < -0.39 is 0 Å². The first-order valence-corrected chi connectivity index (χ1v) is 8.44. The largest absolute Gasteiger partial charge is 0.497 e. The average molecular weight is 349 g/mol. The summed E-state index contributed by atoms with van der Waals surface area (Å²) in [6, 6.07) is 12.9. The van der Waals surface area contributed by atoms with Crippen LogP contribution in [0.15, 0.2) is 36.4 Å². The van der Waals surface area contributed by atoms with Crippen LogP contribution in [0.4, 0.5) is 0 Å². The van der Waals surface area contributed by atoms with Gasteiger partial charge in [-0.3, -0.25) is 0 Å². The zero-order chi connectivity index (χ0) is 15.6. The summed E-state index contributed by atoms with van der Waals surface area (Å²) in [5.74, 6) is 1.57. The van der Waals surface area contributed by atoms with E-state index in [9.17, 15) is 0 Å². The molecule has 114 valence electrons. The molecule has 0 radical (unpaired) electrons. The van der Waals surface area contributed by atoms with Gasteiger partial charge in [0.15, 0.2) is 0 Å². The SMILES string of the molecule is COc1ccc2cc(C(Br)CC(C)C(C)(C)C)ccc2c1. The highest BCUT2D eigenvalue weighted by Gasteiger charge is 2.23. The predicted octanol–water partition coefficient (Wildman–Crippen LogP) is 6.36. The number of hydrogen-bond donors (Lipinski definition) is 0. The van der Waals surface area contributed by atoms with Gasteiger partial charge in [0.25, 0.3) is 0 Å². The third-order valence-electron chi connectivity index (χ3n) is 4.47. The van der Waals surface area contributed by atoms with Crippen LogP contribution in [-0.2, 0) is 0 Å². The zero-order valence-corrected chi connectivity index (χ0v) is 15.2. The molecule has 0 aliphatic carbocycles. The number of hydrogen-bond acceptors (Lipinski definition) is 1. The van der Waals surface area contributed by atoms with Crippen molar-refractivity contribution in [2.75, 3.05) is 7.11 Å². The molecule has 0 aliphatic heterocycles. The van der Waals surface area contributed by atoms with E-state index in [1.807, 2.05) is 6.07 Å². The highest BCUT2D eigenvalue weighted by Crippen LogP contribution is 2.38. The third-order valence-corrected chi connectivity index (χ3v) is 5.37. The predicted molar refractivity (Wildman–Crippen MR) is 95.4 cm³/mol.